The molecule has 0 spiro atoms. The normalized spacial score (nSPS) is 11.0. The first-order valence-electron chi connectivity index (χ1n) is 9.25. The van der Waals surface area contributed by atoms with E-state index in [1.807, 2.05) is 0 Å². The van der Waals surface area contributed by atoms with Crippen LogP contribution in [0.3, 0.4) is 0 Å². The SMILES string of the molecule is C=C(CCC)Cc1cc2cc(CCc3ccccc3)ccc2nc1C. The van der Waals surface area contributed by atoms with Crippen molar-refractivity contribution in [2.45, 2.75) is 46.0 Å². The van der Waals surface area contributed by atoms with Crippen molar-refractivity contribution in [3.05, 3.63) is 89.1 Å². The highest BCUT2D eigenvalue weighted by molar-refractivity contribution is 5.80. The third-order valence-electron chi connectivity index (χ3n) is 4.76. The van der Waals surface area contributed by atoms with Crippen molar-refractivity contribution in [2.75, 3.05) is 0 Å². The zero-order valence-electron chi connectivity index (χ0n) is 15.4. The maximum atomic E-state index is 4.81. The van der Waals surface area contributed by atoms with Crippen LogP contribution < -0.4 is 0 Å². The average molecular weight is 329 g/mol. The molecule has 0 aliphatic rings. The molecule has 0 aliphatic carbocycles. The number of fused-ring (bicyclic) bond motifs is 1. The molecule has 0 saturated heterocycles. The smallest absolute Gasteiger partial charge is 0.0705 e. The number of aryl methyl sites for hydroxylation is 3. The quantitative estimate of drug-likeness (QED) is 0.468. The zero-order valence-corrected chi connectivity index (χ0v) is 15.4. The van der Waals surface area contributed by atoms with Crippen LogP contribution in [0.1, 0.15) is 42.1 Å². The molecule has 0 N–H and O–H groups in total. The molecule has 1 heteroatoms. The van der Waals surface area contributed by atoms with E-state index in [4.69, 9.17) is 4.98 Å². The van der Waals surface area contributed by atoms with Gasteiger partial charge < -0.3 is 0 Å². The predicted octanol–water partition coefficient (Wildman–Crippen LogP) is 6.23. The van der Waals surface area contributed by atoms with Crippen LogP contribution in [0.25, 0.3) is 10.9 Å². The Bertz CT molecular complexity index is 862. The molecule has 1 aromatic heterocycles. The zero-order chi connectivity index (χ0) is 17.6. The lowest BCUT2D eigenvalue weighted by Crippen LogP contribution is -1.97. The second-order valence-electron chi connectivity index (χ2n) is 6.92. The van der Waals surface area contributed by atoms with E-state index in [0.29, 0.717) is 0 Å². The fourth-order valence-electron chi connectivity index (χ4n) is 3.35. The first-order chi connectivity index (χ1) is 12.2. The van der Waals surface area contributed by atoms with Crippen LogP contribution in [0.2, 0.25) is 0 Å². The van der Waals surface area contributed by atoms with E-state index in [1.165, 1.54) is 27.6 Å². The lowest BCUT2D eigenvalue weighted by molar-refractivity contribution is 0.870. The molecular weight excluding hydrogens is 302 g/mol. The van der Waals surface area contributed by atoms with Gasteiger partial charge in [-0.15, -0.1) is 0 Å². The largest absolute Gasteiger partial charge is 0.253 e. The van der Waals surface area contributed by atoms with Crippen LogP contribution in [0.15, 0.2) is 66.7 Å². The lowest BCUT2D eigenvalue weighted by Gasteiger charge is -2.10. The molecule has 0 saturated carbocycles. The van der Waals surface area contributed by atoms with E-state index in [1.54, 1.807) is 0 Å². The summed E-state index contributed by atoms with van der Waals surface area (Å²) in [6.07, 6.45) is 5.32. The maximum Gasteiger partial charge on any atom is 0.0705 e. The van der Waals surface area contributed by atoms with Crippen molar-refractivity contribution in [3.63, 3.8) is 0 Å². The van der Waals surface area contributed by atoms with Gasteiger partial charge in [0.2, 0.25) is 0 Å². The van der Waals surface area contributed by atoms with Crippen molar-refractivity contribution in [3.8, 4) is 0 Å². The van der Waals surface area contributed by atoms with Crippen molar-refractivity contribution in [1.29, 1.82) is 0 Å². The Kier molecular flexibility index (Phi) is 5.65. The third-order valence-corrected chi connectivity index (χ3v) is 4.76. The highest BCUT2D eigenvalue weighted by Crippen LogP contribution is 2.22. The summed E-state index contributed by atoms with van der Waals surface area (Å²) in [6.45, 7) is 8.53. The highest BCUT2D eigenvalue weighted by atomic mass is 14.7. The summed E-state index contributed by atoms with van der Waals surface area (Å²) >= 11 is 0. The summed E-state index contributed by atoms with van der Waals surface area (Å²) in [6, 6.07) is 19.7. The van der Waals surface area contributed by atoms with Crippen LogP contribution in [0.4, 0.5) is 0 Å². The molecule has 0 atom stereocenters. The Morgan fingerprint density at radius 3 is 2.48 bits per heavy atom. The van der Waals surface area contributed by atoms with E-state index in [2.05, 4.69) is 75.0 Å². The molecule has 0 bridgehead atoms. The van der Waals surface area contributed by atoms with Crippen LogP contribution in [0, 0.1) is 6.92 Å². The van der Waals surface area contributed by atoms with Gasteiger partial charge in [-0.3, -0.25) is 4.98 Å². The molecule has 0 radical (unpaired) electrons. The van der Waals surface area contributed by atoms with Gasteiger partial charge in [-0.05, 0) is 67.5 Å². The predicted molar refractivity (Wildman–Crippen MR) is 108 cm³/mol. The number of rotatable bonds is 7. The summed E-state index contributed by atoms with van der Waals surface area (Å²) in [5.74, 6) is 0. The first kappa shape index (κ1) is 17.4. The third kappa shape index (κ3) is 4.57. The van der Waals surface area contributed by atoms with Gasteiger partial charge in [-0.25, -0.2) is 0 Å². The molecule has 0 aliphatic heterocycles. The van der Waals surface area contributed by atoms with Crippen LogP contribution in [0.5, 0.6) is 0 Å². The molecule has 2 aromatic carbocycles. The monoisotopic (exact) mass is 329 g/mol. The Morgan fingerprint density at radius 1 is 0.960 bits per heavy atom. The van der Waals surface area contributed by atoms with E-state index in [0.717, 1.165) is 43.3 Å². The fourth-order valence-corrected chi connectivity index (χ4v) is 3.35. The maximum absolute atomic E-state index is 4.81. The van der Waals surface area contributed by atoms with Crippen molar-refractivity contribution >= 4 is 10.9 Å². The van der Waals surface area contributed by atoms with Gasteiger partial charge in [0.1, 0.15) is 0 Å². The Hall–Kier alpha value is -2.41. The van der Waals surface area contributed by atoms with E-state index in [9.17, 15) is 0 Å². The van der Waals surface area contributed by atoms with Gasteiger partial charge in [-0.1, -0.05) is 61.9 Å². The molecule has 3 rings (SSSR count). The molecule has 1 heterocycles. The molecule has 25 heavy (non-hydrogen) atoms. The minimum atomic E-state index is 0.941. The number of benzene rings is 2. The summed E-state index contributed by atoms with van der Waals surface area (Å²) in [5, 5.41) is 1.25. The standard InChI is InChI=1S/C24H27N/c1-4-8-18(2)15-22-17-23-16-21(13-14-24(23)25-19(22)3)12-11-20-9-6-5-7-10-20/h5-7,9-10,13-14,16-17H,2,4,8,11-12,15H2,1,3H3. The number of aromatic nitrogens is 1. The molecule has 1 nitrogen and oxygen atoms in total. The van der Waals surface area contributed by atoms with Gasteiger partial charge in [0.05, 0.1) is 5.52 Å². The van der Waals surface area contributed by atoms with Gasteiger partial charge >= 0.3 is 0 Å². The molecule has 3 aromatic rings. The lowest BCUT2D eigenvalue weighted by atomic mass is 9.98. The highest BCUT2D eigenvalue weighted by Gasteiger charge is 2.06. The van der Waals surface area contributed by atoms with Crippen LogP contribution in [-0.2, 0) is 19.3 Å². The molecule has 0 fully saturated rings. The summed E-state index contributed by atoms with van der Waals surface area (Å²) < 4.78 is 0. The number of hydrogen-bond donors (Lipinski definition) is 0. The fraction of sp³-hybridized carbons (Fsp3) is 0.292. The van der Waals surface area contributed by atoms with Crippen molar-refractivity contribution in [1.82, 2.24) is 4.98 Å². The Morgan fingerprint density at radius 2 is 1.72 bits per heavy atom. The average Bonchev–Trinajstić information content (AvgIpc) is 2.62. The molecule has 0 amide bonds. The number of nitrogens with zero attached hydrogens (tertiary/aromatic N) is 1. The van der Waals surface area contributed by atoms with Gasteiger partial charge in [0, 0.05) is 11.1 Å². The van der Waals surface area contributed by atoms with Crippen LogP contribution >= 0.6 is 0 Å². The molecule has 0 unspecified atom stereocenters. The van der Waals surface area contributed by atoms with E-state index >= 15 is 0 Å². The minimum Gasteiger partial charge on any atom is -0.253 e. The second-order valence-corrected chi connectivity index (χ2v) is 6.92. The number of pyridine rings is 1. The summed E-state index contributed by atoms with van der Waals surface area (Å²) in [7, 11) is 0. The van der Waals surface area contributed by atoms with Gasteiger partial charge in [0.25, 0.3) is 0 Å². The topological polar surface area (TPSA) is 12.9 Å². The Labute approximate surface area is 151 Å². The van der Waals surface area contributed by atoms with Crippen molar-refractivity contribution < 1.29 is 0 Å². The van der Waals surface area contributed by atoms with E-state index < -0.39 is 0 Å². The minimum absolute atomic E-state index is 0.941. The Balaban J connectivity index is 1.80. The summed E-state index contributed by atoms with van der Waals surface area (Å²) in [4.78, 5) is 4.81. The molecule has 128 valence electrons. The van der Waals surface area contributed by atoms with Crippen LogP contribution in [-0.4, -0.2) is 4.98 Å². The van der Waals surface area contributed by atoms with Gasteiger partial charge in [-0.2, -0.15) is 0 Å². The first-order valence-corrected chi connectivity index (χ1v) is 9.25. The van der Waals surface area contributed by atoms with Crippen molar-refractivity contribution in [2.24, 2.45) is 0 Å². The molecular formula is C24H27N. The summed E-state index contributed by atoms with van der Waals surface area (Å²) in [5.41, 5.74) is 7.59. The van der Waals surface area contributed by atoms with E-state index in [-0.39, 0.29) is 0 Å². The van der Waals surface area contributed by atoms with Gasteiger partial charge in [0.15, 0.2) is 0 Å². The number of allylic oxidation sites excluding steroid dienone is 1. The second kappa shape index (κ2) is 8.11. The number of hydrogen-bond acceptors (Lipinski definition) is 1.